The first-order valence-corrected chi connectivity index (χ1v) is 6.15. The fourth-order valence-corrected chi connectivity index (χ4v) is 1.62. The van der Waals surface area contributed by atoms with Crippen LogP contribution in [-0.2, 0) is 9.47 Å². The molecule has 15 heavy (non-hydrogen) atoms. The maximum absolute atomic E-state index is 5.39. The number of nitrogens with one attached hydrogen (secondary N) is 1. The largest absolute Gasteiger partial charge is 0.382 e. The molecule has 0 spiro atoms. The first kappa shape index (κ1) is 14.9. The molecule has 0 rings (SSSR count). The molecule has 0 heterocycles. The van der Waals surface area contributed by atoms with Crippen molar-refractivity contribution in [1.29, 1.82) is 0 Å². The summed E-state index contributed by atoms with van der Waals surface area (Å²) in [6.45, 7) is 7.60. The van der Waals surface area contributed by atoms with Gasteiger partial charge in [0.1, 0.15) is 0 Å². The zero-order valence-corrected chi connectivity index (χ0v) is 10.6. The van der Waals surface area contributed by atoms with Crippen LogP contribution in [0.4, 0.5) is 0 Å². The van der Waals surface area contributed by atoms with E-state index in [4.69, 9.17) is 9.47 Å². The van der Waals surface area contributed by atoms with Crippen molar-refractivity contribution in [3.63, 3.8) is 0 Å². The quantitative estimate of drug-likeness (QED) is 0.538. The predicted octanol–water partition coefficient (Wildman–Crippen LogP) is 2.21. The molecule has 0 atom stereocenters. The lowest BCUT2D eigenvalue weighted by atomic mass is 10.1. The first-order valence-electron chi connectivity index (χ1n) is 6.15. The first-order chi connectivity index (χ1) is 7.35. The Morgan fingerprint density at radius 3 is 2.20 bits per heavy atom. The van der Waals surface area contributed by atoms with Crippen molar-refractivity contribution in [3.05, 3.63) is 0 Å². The third-order valence-electron chi connectivity index (χ3n) is 2.39. The Kier molecular flexibility index (Phi) is 11.9. The average molecular weight is 217 g/mol. The fraction of sp³-hybridized carbons (Fsp3) is 1.00. The number of ether oxygens (including phenoxy) is 2. The lowest BCUT2D eigenvalue weighted by Gasteiger charge is -2.17. The van der Waals surface area contributed by atoms with E-state index >= 15 is 0 Å². The van der Waals surface area contributed by atoms with Crippen LogP contribution in [0.3, 0.4) is 0 Å². The summed E-state index contributed by atoms with van der Waals surface area (Å²) in [4.78, 5) is 0. The minimum absolute atomic E-state index is 0.672. The third kappa shape index (κ3) is 10.2. The molecule has 3 nitrogen and oxygen atoms in total. The molecule has 1 N–H and O–H groups in total. The van der Waals surface area contributed by atoms with Crippen molar-refractivity contribution < 1.29 is 9.47 Å². The molecular weight excluding hydrogens is 190 g/mol. The Balaban J connectivity index is 3.28. The van der Waals surface area contributed by atoms with Crippen LogP contribution in [0.1, 0.15) is 39.5 Å². The van der Waals surface area contributed by atoms with Crippen molar-refractivity contribution in [2.24, 2.45) is 0 Å². The van der Waals surface area contributed by atoms with Crippen LogP contribution in [0.25, 0.3) is 0 Å². The molecule has 3 heteroatoms. The Hall–Kier alpha value is -0.120. The smallest absolute Gasteiger partial charge is 0.0700 e. The summed E-state index contributed by atoms with van der Waals surface area (Å²) in [5.74, 6) is 0. The lowest BCUT2D eigenvalue weighted by Crippen LogP contribution is -2.32. The summed E-state index contributed by atoms with van der Waals surface area (Å²) in [7, 11) is 1.69. The maximum atomic E-state index is 5.39. The molecule has 0 saturated carbocycles. The molecular formula is C12H27NO2. The Morgan fingerprint density at radius 1 is 1.00 bits per heavy atom. The van der Waals surface area contributed by atoms with E-state index in [1.807, 2.05) is 0 Å². The Morgan fingerprint density at radius 2 is 1.67 bits per heavy atom. The van der Waals surface area contributed by atoms with Gasteiger partial charge in [0, 0.05) is 19.7 Å². The topological polar surface area (TPSA) is 30.5 Å². The minimum atomic E-state index is 0.672. The van der Waals surface area contributed by atoms with Gasteiger partial charge in [0.15, 0.2) is 0 Å². The normalized spacial score (nSPS) is 11.2. The highest BCUT2D eigenvalue weighted by Gasteiger charge is 2.04. The monoisotopic (exact) mass is 217 g/mol. The zero-order chi connectivity index (χ0) is 11.4. The lowest BCUT2D eigenvalue weighted by molar-refractivity contribution is 0.0708. The summed E-state index contributed by atoms with van der Waals surface area (Å²) in [6, 6.07) is 0.672. The van der Waals surface area contributed by atoms with E-state index in [-0.39, 0.29) is 0 Å². The predicted molar refractivity (Wildman–Crippen MR) is 64.3 cm³/mol. The molecule has 0 aliphatic carbocycles. The Bertz CT molecular complexity index is 114. The standard InChI is InChI=1S/C12H27NO2/c1-4-6-12(7-5-2)13-8-9-15-11-10-14-3/h12-13H,4-11H2,1-3H3. The molecule has 0 amide bonds. The van der Waals surface area contributed by atoms with E-state index in [0.717, 1.165) is 13.2 Å². The van der Waals surface area contributed by atoms with E-state index in [1.165, 1.54) is 25.7 Å². The molecule has 0 aliphatic rings. The van der Waals surface area contributed by atoms with Gasteiger partial charge in [-0.3, -0.25) is 0 Å². The summed E-state index contributed by atoms with van der Waals surface area (Å²) in [5.41, 5.74) is 0. The van der Waals surface area contributed by atoms with E-state index in [9.17, 15) is 0 Å². The van der Waals surface area contributed by atoms with Gasteiger partial charge in [-0.05, 0) is 12.8 Å². The molecule has 0 fully saturated rings. The number of methoxy groups -OCH3 is 1. The maximum Gasteiger partial charge on any atom is 0.0700 e. The van der Waals surface area contributed by atoms with Crippen molar-refractivity contribution in [2.75, 3.05) is 33.5 Å². The van der Waals surface area contributed by atoms with E-state index in [0.29, 0.717) is 19.3 Å². The molecule has 92 valence electrons. The fourth-order valence-electron chi connectivity index (χ4n) is 1.62. The van der Waals surface area contributed by atoms with Crippen molar-refractivity contribution in [2.45, 2.75) is 45.6 Å². The van der Waals surface area contributed by atoms with Gasteiger partial charge in [-0.15, -0.1) is 0 Å². The van der Waals surface area contributed by atoms with Gasteiger partial charge in [-0.2, -0.15) is 0 Å². The second kappa shape index (κ2) is 12.0. The van der Waals surface area contributed by atoms with Crippen LogP contribution in [0.2, 0.25) is 0 Å². The van der Waals surface area contributed by atoms with Crippen LogP contribution in [-0.4, -0.2) is 39.5 Å². The van der Waals surface area contributed by atoms with Gasteiger partial charge < -0.3 is 14.8 Å². The second-order valence-corrected chi connectivity index (χ2v) is 3.83. The molecule has 0 unspecified atom stereocenters. The van der Waals surface area contributed by atoms with Crippen LogP contribution in [0.5, 0.6) is 0 Å². The van der Waals surface area contributed by atoms with Gasteiger partial charge in [-0.25, -0.2) is 0 Å². The number of hydrogen-bond donors (Lipinski definition) is 1. The highest BCUT2D eigenvalue weighted by Crippen LogP contribution is 2.03. The minimum Gasteiger partial charge on any atom is -0.382 e. The van der Waals surface area contributed by atoms with Gasteiger partial charge in [0.05, 0.1) is 19.8 Å². The highest BCUT2D eigenvalue weighted by molar-refractivity contribution is 4.64. The van der Waals surface area contributed by atoms with E-state index in [2.05, 4.69) is 19.2 Å². The summed E-state index contributed by atoms with van der Waals surface area (Å²) < 4.78 is 10.3. The molecule has 0 aromatic rings. The van der Waals surface area contributed by atoms with E-state index in [1.54, 1.807) is 7.11 Å². The summed E-state index contributed by atoms with van der Waals surface area (Å²) >= 11 is 0. The van der Waals surface area contributed by atoms with Gasteiger partial charge >= 0.3 is 0 Å². The summed E-state index contributed by atoms with van der Waals surface area (Å²) in [5, 5.41) is 3.53. The SMILES string of the molecule is CCCC(CCC)NCCOCCOC. The number of rotatable bonds is 11. The molecule has 0 aromatic heterocycles. The van der Waals surface area contributed by atoms with Crippen molar-refractivity contribution in [1.82, 2.24) is 5.32 Å². The molecule has 0 saturated heterocycles. The molecule has 0 aromatic carbocycles. The Labute approximate surface area is 94.5 Å². The van der Waals surface area contributed by atoms with E-state index < -0.39 is 0 Å². The summed E-state index contributed by atoms with van der Waals surface area (Å²) in [6.07, 6.45) is 5.04. The second-order valence-electron chi connectivity index (χ2n) is 3.83. The molecule has 0 aliphatic heterocycles. The number of hydrogen-bond acceptors (Lipinski definition) is 3. The molecule has 0 bridgehead atoms. The van der Waals surface area contributed by atoms with Crippen LogP contribution < -0.4 is 5.32 Å². The zero-order valence-electron chi connectivity index (χ0n) is 10.6. The van der Waals surface area contributed by atoms with Crippen LogP contribution >= 0.6 is 0 Å². The van der Waals surface area contributed by atoms with Gasteiger partial charge in [-0.1, -0.05) is 26.7 Å². The van der Waals surface area contributed by atoms with Gasteiger partial charge in [0.2, 0.25) is 0 Å². The molecule has 0 radical (unpaired) electrons. The third-order valence-corrected chi connectivity index (χ3v) is 2.39. The van der Waals surface area contributed by atoms with Crippen LogP contribution in [0.15, 0.2) is 0 Å². The van der Waals surface area contributed by atoms with Gasteiger partial charge in [0.25, 0.3) is 0 Å². The van der Waals surface area contributed by atoms with Crippen molar-refractivity contribution >= 4 is 0 Å². The average Bonchev–Trinajstić information content (AvgIpc) is 2.24. The van der Waals surface area contributed by atoms with Crippen molar-refractivity contribution in [3.8, 4) is 0 Å². The van der Waals surface area contributed by atoms with Crippen LogP contribution in [0, 0.1) is 0 Å². The highest BCUT2D eigenvalue weighted by atomic mass is 16.5.